The lowest BCUT2D eigenvalue weighted by Crippen LogP contribution is -2.37. The third-order valence-corrected chi connectivity index (χ3v) is 2.42. The molecule has 0 aromatic rings. The van der Waals surface area contributed by atoms with E-state index in [4.69, 9.17) is 0 Å². The van der Waals surface area contributed by atoms with Crippen LogP contribution in [-0.2, 0) is 4.79 Å². The van der Waals surface area contributed by atoms with Gasteiger partial charge in [0.1, 0.15) is 0 Å². The highest BCUT2D eigenvalue weighted by atomic mass is 16.1. The molecule has 0 spiro atoms. The molecule has 0 radical (unpaired) electrons. The minimum atomic E-state index is -0.0469. The molecule has 1 rings (SSSR count). The highest BCUT2D eigenvalue weighted by Crippen LogP contribution is 2.41. The summed E-state index contributed by atoms with van der Waals surface area (Å²) in [6, 6.07) is 0. The summed E-state index contributed by atoms with van der Waals surface area (Å²) >= 11 is 0. The maximum absolute atomic E-state index is 11.3. The van der Waals surface area contributed by atoms with Gasteiger partial charge in [-0.2, -0.15) is 0 Å². The topological polar surface area (TPSA) is 20.3 Å². The zero-order valence-electron chi connectivity index (χ0n) is 6.98. The van der Waals surface area contributed by atoms with Gasteiger partial charge in [0.2, 0.25) is 0 Å². The Morgan fingerprint density at radius 2 is 2.00 bits per heavy atom. The zero-order valence-corrected chi connectivity index (χ0v) is 6.98. The number of hydrogen-bond donors (Lipinski definition) is 0. The predicted molar refractivity (Wildman–Crippen MR) is 41.0 cm³/mol. The molecule has 0 aromatic carbocycles. The first kappa shape index (κ1) is 7.73. The molecular formula is C8H15NO. The molecular weight excluding hydrogens is 126 g/mol. The van der Waals surface area contributed by atoms with Crippen LogP contribution in [0.15, 0.2) is 0 Å². The molecule has 2 nitrogen and oxygen atoms in total. The molecule has 1 saturated carbocycles. The van der Waals surface area contributed by atoms with Gasteiger partial charge >= 0.3 is 0 Å². The summed E-state index contributed by atoms with van der Waals surface area (Å²) in [6.07, 6.45) is 2.80. The van der Waals surface area contributed by atoms with E-state index in [1.807, 2.05) is 21.0 Å². The Balaban J connectivity index is 2.60. The Morgan fingerprint density at radius 3 is 2.10 bits per heavy atom. The smallest absolute Gasteiger partial charge is 0.152 e. The molecule has 10 heavy (non-hydrogen) atoms. The average Bonchev–Trinajstić information content (AvgIpc) is 2.65. The van der Waals surface area contributed by atoms with E-state index in [1.165, 1.54) is 0 Å². The van der Waals surface area contributed by atoms with E-state index < -0.39 is 0 Å². The van der Waals surface area contributed by atoms with Crippen molar-refractivity contribution in [2.24, 2.45) is 0 Å². The first-order valence-electron chi connectivity index (χ1n) is 3.84. The summed E-state index contributed by atoms with van der Waals surface area (Å²) in [6.45, 7) is 1.94. The van der Waals surface area contributed by atoms with E-state index >= 15 is 0 Å². The number of likely N-dealkylation sites (N-methyl/N-ethyl adjacent to an activating group) is 1. The number of Topliss-reactive ketones (excluding diaryl/α,β-unsaturated/α-hetero) is 1. The summed E-state index contributed by atoms with van der Waals surface area (Å²) in [5, 5.41) is 0. The number of hydrogen-bond acceptors (Lipinski definition) is 2. The van der Waals surface area contributed by atoms with Crippen molar-refractivity contribution in [1.82, 2.24) is 4.90 Å². The van der Waals surface area contributed by atoms with Gasteiger partial charge in [-0.05, 0) is 26.9 Å². The lowest BCUT2D eigenvalue weighted by Gasteiger charge is -2.21. The monoisotopic (exact) mass is 141 g/mol. The van der Waals surface area contributed by atoms with Gasteiger partial charge in [0.25, 0.3) is 0 Å². The largest absolute Gasteiger partial charge is 0.298 e. The fraction of sp³-hybridized carbons (Fsp3) is 0.875. The zero-order chi connectivity index (χ0) is 7.78. The molecule has 0 bridgehead atoms. The van der Waals surface area contributed by atoms with E-state index in [0.717, 1.165) is 12.8 Å². The summed E-state index contributed by atoms with van der Waals surface area (Å²) in [7, 11) is 3.97. The van der Waals surface area contributed by atoms with E-state index in [1.54, 1.807) is 0 Å². The number of ketones is 1. The van der Waals surface area contributed by atoms with Gasteiger partial charge in [0.15, 0.2) is 5.78 Å². The summed E-state index contributed by atoms with van der Waals surface area (Å²) < 4.78 is 0. The normalized spacial score (nSPS) is 21.2. The second-order valence-electron chi connectivity index (χ2n) is 3.20. The molecule has 0 saturated heterocycles. The van der Waals surface area contributed by atoms with Crippen LogP contribution >= 0.6 is 0 Å². The van der Waals surface area contributed by atoms with Crippen molar-refractivity contribution in [1.29, 1.82) is 0 Å². The maximum Gasteiger partial charge on any atom is 0.152 e. The van der Waals surface area contributed by atoms with Gasteiger partial charge in [-0.3, -0.25) is 9.69 Å². The maximum atomic E-state index is 11.3. The van der Waals surface area contributed by atoms with Gasteiger partial charge in [-0.15, -0.1) is 0 Å². The van der Waals surface area contributed by atoms with Gasteiger partial charge in [0, 0.05) is 6.42 Å². The third-order valence-electron chi connectivity index (χ3n) is 2.42. The highest BCUT2D eigenvalue weighted by Gasteiger charge is 2.50. The SMILES string of the molecule is CCC(=O)C1(N(C)C)CC1. The molecule has 1 aliphatic rings. The minimum Gasteiger partial charge on any atom is -0.298 e. The van der Waals surface area contributed by atoms with Crippen LogP contribution in [0.25, 0.3) is 0 Å². The van der Waals surface area contributed by atoms with Crippen LogP contribution in [-0.4, -0.2) is 30.3 Å². The van der Waals surface area contributed by atoms with E-state index in [2.05, 4.69) is 4.90 Å². The molecule has 0 amide bonds. The summed E-state index contributed by atoms with van der Waals surface area (Å²) in [5.41, 5.74) is -0.0469. The van der Waals surface area contributed by atoms with Crippen LogP contribution < -0.4 is 0 Å². The number of rotatable bonds is 3. The van der Waals surface area contributed by atoms with E-state index in [9.17, 15) is 4.79 Å². The van der Waals surface area contributed by atoms with Gasteiger partial charge in [-0.25, -0.2) is 0 Å². The number of nitrogens with zero attached hydrogens (tertiary/aromatic N) is 1. The quantitative estimate of drug-likeness (QED) is 0.585. The van der Waals surface area contributed by atoms with Gasteiger partial charge in [-0.1, -0.05) is 6.92 Å². The molecule has 0 aromatic heterocycles. The van der Waals surface area contributed by atoms with Crippen molar-refractivity contribution in [2.75, 3.05) is 14.1 Å². The lowest BCUT2D eigenvalue weighted by atomic mass is 10.1. The highest BCUT2D eigenvalue weighted by molar-refractivity contribution is 5.90. The predicted octanol–water partition coefficient (Wildman–Crippen LogP) is 1.06. The number of carbonyl (C=O) groups is 1. The third kappa shape index (κ3) is 0.966. The molecule has 0 aliphatic heterocycles. The molecule has 1 fully saturated rings. The first-order chi connectivity index (χ1) is 4.63. The average molecular weight is 141 g/mol. The van der Waals surface area contributed by atoms with Crippen LogP contribution in [0.4, 0.5) is 0 Å². The fourth-order valence-corrected chi connectivity index (χ4v) is 1.42. The summed E-state index contributed by atoms with van der Waals surface area (Å²) in [5.74, 6) is 0.400. The van der Waals surface area contributed by atoms with Crippen LogP contribution in [0, 0.1) is 0 Å². The summed E-state index contributed by atoms with van der Waals surface area (Å²) in [4.78, 5) is 13.4. The minimum absolute atomic E-state index is 0.0469. The van der Waals surface area contributed by atoms with Crippen molar-refractivity contribution in [3.63, 3.8) is 0 Å². The molecule has 0 N–H and O–H groups in total. The van der Waals surface area contributed by atoms with Crippen molar-refractivity contribution in [3.05, 3.63) is 0 Å². The Bertz CT molecular complexity index is 147. The second-order valence-corrected chi connectivity index (χ2v) is 3.20. The Morgan fingerprint density at radius 1 is 1.50 bits per heavy atom. The molecule has 0 atom stereocenters. The first-order valence-corrected chi connectivity index (χ1v) is 3.84. The van der Waals surface area contributed by atoms with Crippen molar-refractivity contribution >= 4 is 5.78 Å². The van der Waals surface area contributed by atoms with E-state index in [-0.39, 0.29) is 5.54 Å². The van der Waals surface area contributed by atoms with Crippen molar-refractivity contribution < 1.29 is 4.79 Å². The Labute approximate surface area is 62.2 Å². The van der Waals surface area contributed by atoms with Crippen LogP contribution in [0.3, 0.4) is 0 Å². The fourth-order valence-electron chi connectivity index (χ4n) is 1.42. The Kier molecular flexibility index (Phi) is 1.82. The lowest BCUT2D eigenvalue weighted by molar-refractivity contribution is -0.124. The molecule has 1 aliphatic carbocycles. The molecule has 2 heteroatoms. The second kappa shape index (κ2) is 2.35. The van der Waals surface area contributed by atoms with Crippen LogP contribution in [0.2, 0.25) is 0 Å². The van der Waals surface area contributed by atoms with Crippen molar-refractivity contribution in [2.45, 2.75) is 31.7 Å². The standard InChI is InChI=1S/C8H15NO/c1-4-7(10)8(5-6-8)9(2)3/h4-6H2,1-3H3. The molecule has 0 unspecified atom stereocenters. The van der Waals surface area contributed by atoms with Crippen molar-refractivity contribution in [3.8, 4) is 0 Å². The van der Waals surface area contributed by atoms with Gasteiger partial charge < -0.3 is 0 Å². The number of carbonyl (C=O) groups excluding carboxylic acids is 1. The van der Waals surface area contributed by atoms with Crippen LogP contribution in [0.5, 0.6) is 0 Å². The van der Waals surface area contributed by atoms with E-state index in [0.29, 0.717) is 12.2 Å². The van der Waals surface area contributed by atoms with Gasteiger partial charge in [0.05, 0.1) is 5.54 Å². The molecule has 0 heterocycles. The van der Waals surface area contributed by atoms with Crippen LogP contribution in [0.1, 0.15) is 26.2 Å². The molecule has 58 valence electrons. The Hall–Kier alpha value is -0.370.